The third kappa shape index (κ3) is 3.15. The van der Waals surface area contributed by atoms with E-state index in [4.69, 9.17) is 9.47 Å². The number of aromatic nitrogens is 2. The molecule has 2 aliphatic rings. The lowest BCUT2D eigenvalue weighted by molar-refractivity contribution is 0.0699. The molecule has 0 bridgehead atoms. The molecule has 2 aliphatic heterocycles. The number of nitrogens with zero attached hydrogens (tertiary/aromatic N) is 2. The molecule has 1 aromatic rings. The van der Waals surface area contributed by atoms with E-state index in [-0.39, 0.29) is 6.10 Å². The summed E-state index contributed by atoms with van der Waals surface area (Å²) in [4.78, 5) is 0. The largest absolute Gasteiger partial charge is 0.381 e. The second-order valence-electron chi connectivity index (χ2n) is 6.34. The molecule has 0 radical (unpaired) electrons. The molecule has 0 amide bonds. The second-order valence-corrected chi connectivity index (χ2v) is 6.34. The average molecular weight is 293 g/mol. The van der Waals surface area contributed by atoms with Gasteiger partial charge < -0.3 is 14.8 Å². The molecule has 0 aromatic carbocycles. The molecule has 118 valence electrons. The van der Waals surface area contributed by atoms with Crippen molar-refractivity contribution in [1.29, 1.82) is 0 Å². The second kappa shape index (κ2) is 6.46. The summed E-state index contributed by atoms with van der Waals surface area (Å²) in [6.45, 7) is 7.90. The van der Waals surface area contributed by atoms with Gasteiger partial charge in [0, 0.05) is 56.6 Å². The van der Waals surface area contributed by atoms with E-state index in [1.807, 2.05) is 11.7 Å². The van der Waals surface area contributed by atoms with Gasteiger partial charge >= 0.3 is 0 Å². The SMILES string of the molecule is Cc1nn(C)c(C)c1[C@@H]1OCC[C@@H]1CNC1CCOCC1. The average Bonchev–Trinajstić information content (AvgIpc) is 3.03. The fourth-order valence-corrected chi connectivity index (χ4v) is 3.58. The van der Waals surface area contributed by atoms with E-state index in [1.54, 1.807) is 0 Å². The van der Waals surface area contributed by atoms with Crippen LogP contribution in [0.2, 0.25) is 0 Å². The van der Waals surface area contributed by atoms with Crippen molar-refractivity contribution in [1.82, 2.24) is 15.1 Å². The normalized spacial score (nSPS) is 27.4. The van der Waals surface area contributed by atoms with Crippen LogP contribution in [0.3, 0.4) is 0 Å². The van der Waals surface area contributed by atoms with Crippen molar-refractivity contribution in [3.63, 3.8) is 0 Å². The number of hydrogen-bond acceptors (Lipinski definition) is 4. The van der Waals surface area contributed by atoms with Crippen molar-refractivity contribution in [2.45, 2.75) is 45.3 Å². The zero-order valence-electron chi connectivity index (χ0n) is 13.4. The highest BCUT2D eigenvalue weighted by Crippen LogP contribution is 2.37. The minimum atomic E-state index is 0.200. The van der Waals surface area contributed by atoms with Crippen LogP contribution in [0.4, 0.5) is 0 Å². The van der Waals surface area contributed by atoms with E-state index in [1.165, 1.54) is 11.3 Å². The van der Waals surface area contributed by atoms with Gasteiger partial charge in [0.05, 0.1) is 11.8 Å². The van der Waals surface area contributed by atoms with Gasteiger partial charge in [-0.2, -0.15) is 5.10 Å². The maximum absolute atomic E-state index is 6.05. The van der Waals surface area contributed by atoms with E-state index in [2.05, 4.69) is 24.3 Å². The van der Waals surface area contributed by atoms with E-state index < -0.39 is 0 Å². The molecule has 2 saturated heterocycles. The molecule has 5 heteroatoms. The Morgan fingerprint density at radius 1 is 1.19 bits per heavy atom. The summed E-state index contributed by atoms with van der Waals surface area (Å²) in [6, 6.07) is 0.607. The molecule has 2 atom stereocenters. The Morgan fingerprint density at radius 3 is 2.62 bits per heavy atom. The van der Waals surface area contributed by atoms with Gasteiger partial charge in [-0.1, -0.05) is 0 Å². The van der Waals surface area contributed by atoms with Crippen molar-refractivity contribution >= 4 is 0 Å². The minimum absolute atomic E-state index is 0.200. The lowest BCUT2D eigenvalue weighted by Gasteiger charge is -2.26. The molecule has 3 rings (SSSR count). The summed E-state index contributed by atoms with van der Waals surface area (Å²) in [6.07, 6.45) is 3.59. The van der Waals surface area contributed by atoms with Crippen molar-refractivity contribution < 1.29 is 9.47 Å². The molecular formula is C16H27N3O2. The fourth-order valence-electron chi connectivity index (χ4n) is 3.58. The van der Waals surface area contributed by atoms with Crippen molar-refractivity contribution in [3.8, 4) is 0 Å². The molecule has 0 unspecified atom stereocenters. The smallest absolute Gasteiger partial charge is 0.0901 e. The van der Waals surface area contributed by atoms with Gasteiger partial charge in [-0.15, -0.1) is 0 Å². The van der Waals surface area contributed by atoms with Crippen LogP contribution in [0, 0.1) is 19.8 Å². The molecule has 5 nitrogen and oxygen atoms in total. The Bertz CT molecular complexity index is 480. The minimum Gasteiger partial charge on any atom is -0.381 e. The van der Waals surface area contributed by atoms with Gasteiger partial charge in [0.15, 0.2) is 0 Å². The van der Waals surface area contributed by atoms with Crippen LogP contribution in [0.15, 0.2) is 0 Å². The zero-order chi connectivity index (χ0) is 14.8. The van der Waals surface area contributed by atoms with Crippen molar-refractivity contribution in [2.75, 3.05) is 26.4 Å². The summed E-state index contributed by atoms with van der Waals surface area (Å²) in [5.74, 6) is 0.550. The maximum atomic E-state index is 6.05. The van der Waals surface area contributed by atoms with Crippen LogP contribution in [0.5, 0.6) is 0 Å². The van der Waals surface area contributed by atoms with E-state index in [9.17, 15) is 0 Å². The summed E-state index contributed by atoms with van der Waals surface area (Å²) in [7, 11) is 2.01. The van der Waals surface area contributed by atoms with Crippen LogP contribution in [-0.2, 0) is 16.5 Å². The summed E-state index contributed by atoms with van der Waals surface area (Å²) < 4.78 is 13.4. The van der Waals surface area contributed by atoms with Gasteiger partial charge in [-0.25, -0.2) is 0 Å². The van der Waals surface area contributed by atoms with Gasteiger partial charge in [0.2, 0.25) is 0 Å². The Morgan fingerprint density at radius 2 is 1.95 bits per heavy atom. The predicted molar refractivity (Wildman–Crippen MR) is 81.3 cm³/mol. The summed E-state index contributed by atoms with van der Waals surface area (Å²) >= 11 is 0. The first-order valence-corrected chi connectivity index (χ1v) is 8.09. The number of rotatable bonds is 4. The van der Waals surface area contributed by atoms with Crippen molar-refractivity contribution in [3.05, 3.63) is 17.0 Å². The molecule has 0 saturated carbocycles. The highest BCUT2D eigenvalue weighted by molar-refractivity contribution is 5.28. The molecule has 2 fully saturated rings. The van der Waals surface area contributed by atoms with Crippen molar-refractivity contribution in [2.24, 2.45) is 13.0 Å². The Kier molecular flexibility index (Phi) is 4.62. The standard InChI is InChI=1S/C16H27N3O2/c1-11-15(12(2)19(3)18-11)16-13(4-9-21-16)10-17-14-5-7-20-8-6-14/h13-14,16-17H,4-10H2,1-3H3/t13-,16-/m1/s1. The van der Waals surface area contributed by atoms with Crippen LogP contribution in [0.1, 0.15) is 42.3 Å². The third-order valence-corrected chi connectivity index (χ3v) is 4.95. The monoisotopic (exact) mass is 293 g/mol. The zero-order valence-corrected chi connectivity index (χ0v) is 13.4. The number of aryl methyl sites for hydroxylation is 2. The first-order chi connectivity index (χ1) is 10.2. The highest BCUT2D eigenvalue weighted by atomic mass is 16.5. The van der Waals surface area contributed by atoms with E-state index in [0.29, 0.717) is 12.0 Å². The fraction of sp³-hybridized carbons (Fsp3) is 0.812. The van der Waals surface area contributed by atoms with Gasteiger partial charge in [-0.05, 0) is 33.1 Å². The topological polar surface area (TPSA) is 48.3 Å². The lowest BCUT2D eigenvalue weighted by atomic mass is 9.93. The molecule has 1 N–H and O–H groups in total. The molecule has 1 aromatic heterocycles. The number of hydrogen-bond donors (Lipinski definition) is 1. The Hall–Kier alpha value is -0.910. The Labute approximate surface area is 127 Å². The number of ether oxygens (including phenoxy) is 2. The molecule has 21 heavy (non-hydrogen) atoms. The third-order valence-electron chi connectivity index (χ3n) is 4.95. The van der Waals surface area contributed by atoms with E-state index in [0.717, 1.165) is 51.3 Å². The van der Waals surface area contributed by atoms with Crippen LogP contribution in [-0.4, -0.2) is 42.2 Å². The molecule has 0 aliphatic carbocycles. The first-order valence-electron chi connectivity index (χ1n) is 8.09. The quantitative estimate of drug-likeness (QED) is 0.921. The molecular weight excluding hydrogens is 266 g/mol. The lowest BCUT2D eigenvalue weighted by Crippen LogP contribution is -2.38. The van der Waals surface area contributed by atoms with Gasteiger partial charge in [0.1, 0.15) is 0 Å². The summed E-state index contributed by atoms with van der Waals surface area (Å²) in [5.41, 5.74) is 3.64. The van der Waals surface area contributed by atoms with Gasteiger partial charge in [-0.3, -0.25) is 4.68 Å². The maximum Gasteiger partial charge on any atom is 0.0901 e. The molecule has 0 spiro atoms. The van der Waals surface area contributed by atoms with Crippen LogP contribution >= 0.6 is 0 Å². The highest BCUT2D eigenvalue weighted by Gasteiger charge is 2.33. The van der Waals surface area contributed by atoms with E-state index >= 15 is 0 Å². The first kappa shape index (κ1) is 15.0. The number of nitrogens with one attached hydrogen (secondary N) is 1. The van der Waals surface area contributed by atoms with Crippen LogP contribution < -0.4 is 5.32 Å². The Balaban J connectivity index is 1.64. The predicted octanol–water partition coefficient (Wildman–Crippen LogP) is 1.88. The molecule has 3 heterocycles. The van der Waals surface area contributed by atoms with Crippen LogP contribution in [0.25, 0.3) is 0 Å². The van der Waals surface area contributed by atoms with Gasteiger partial charge in [0.25, 0.3) is 0 Å². The summed E-state index contributed by atoms with van der Waals surface area (Å²) in [5, 5.41) is 8.26.